The lowest BCUT2D eigenvalue weighted by Crippen LogP contribution is -2.28. The molecule has 1 aromatic heterocycles. The van der Waals surface area contributed by atoms with E-state index in [0.717, 1.165) is 26.1 Å². The molecule has 2 rings (SSSR count). The molecule has 0 saturated carbocycles. The molecule has 1 aliphatic rings. The van der Waals surface area contributed by atoms with Crippen LogP contribution < -0.4 is 5.32 Å². The van der Waals surface area contributed by atoms with Gasteiger partial charge in [-0.3, -0.25) is 10.1 Å². The van der Waals surface area contributed by atoms with Crippen LogP contribution in [0.15, 0.2) is 16.7 Å². The summed E-state index contributed by atoms with van der Waals surface area (Å²) in [5.74, 6) is 0.641. The molecule has 1 fully saturated rings. The largest absolute Gasteiger partial charge is 0.381 e. The predicted molar refractivity (Wildman–Crippen MR) is 66.1 cm³/mol. The van der Waals surface area contributed by atoms with Crippen LogP contribution in [0.1, 0.15) is 12.8 Å². The molecule has 1 aliphatic heterocycles. The Hall–Kier alpha value is -1.21. The van der Waals surface area contributed by atoms with Crippen LogP contribution in [0.4, 0.5) is 11.5 Å². The third kappa shape index (κ3) is 3.13. The molecule has 1 aromatic rings. The number of anilines is 1. The van der Waals surface area contributed by atoms with Crippen molar-refractivity contribution in [2.24, 2.45) is 0 Å². The summed E-state index contributed by atoms with van der Waals surface area (Å²) in [5, 5.41) is 13.8. The average molecular weight is 302 g/mol. The maximum Gasteiger partial charge on any atom is 0.288 e. The van der Waals surface area contributed by atoms with Gasteiger partial charge in [-0.25, -0.2) is 4.98 Å². The van der Waals surface area contributed by atoms with Gasteiger partial charge in [0.2, 0.25) is 0 Å². The number of aromatic nitrogens is 1. The molecule has 17 heavy (non-hydrogen) atoms. The summed E-state index contributed by atoms with van der Waals surface area (Å²) in [4.78, 5) is 14.2. The lowest BCUT2D eigenvalue weighted by Gasteiger charge is -2.23. The maximum absolute atomic E-state index is 10.6. The van der Waals surface area contributed by atoms with Crippen LogP contribution in [-0.2, 0) is 4.74 Å². The van der Waals surface area contributed by atoms with Crippen LogP contribution >= 0.6 is 15.9 Å². The van der Waals surface area contributed by atoms with Crippen molar-refractivity contribution < 1.29 is 9.66 Å². The molecule has 0 bridgehead atoms. The lowest BCUT2D eigenvalue weighted by atomic mass is 10.1. The highest BCUT2D eigenvalue weighted by molar-refractivity contribution is 9.10. The van der Waals surface area contributed by atoms with Crippen molar-refractivity contribution in [3.8, 4) is 0 Å². The van der Waals surface area contributed by atoms with Crippen LogP contribution in [0.2, 0.25) is 0 Å². The van der Waals surface area contributed by atoms with Crippen LogP contribution in [-0.4, -0.2) is 29.2 Å². The van der Waals surface area contributed by atoms with Crippen LogP contribution in [0.3, 0.4) is 0 Å². The Bertz CT molecular complexity index is 421. The van der Waals surface area contributed by atoms with E-state index in [-0.39, 0.29) is 5.69 Å². The first-order valence-electron chi connectivity index (χ1n) is 5.31. The summed E-state index contributed by atoms with van der Waals surface area (Å²) >= 11 is 3.28. The van der Waals surface area contributed by atoms with Crippen LogP contribution in [0.25, 0.3) is 0 Å². The summed E-state index contributed by atoms with van der Waals surface area (Å²) in [6.45, 7) is 1.48. The molecule has 1 N–H and O–H groups in total. The summed E-state index contributed by atoms with van der Waals surface area (Å²) in [7, 11) is 0. The highest BCUT2D eigenvalue weighted by atomic mass is 79.9. The number of nitrogens with zero attached hydrogens (tertiary/aromatic N) is 2. The smallest absolute Gasteiger partial charge is 0.288 e. The molecule has 2 heterocycles. The maximum atomic E-state index is 10.6. The third-order valence-electron chi connectivity index (χ3n) is 2.60. The molecule has 0 aromatic carbocycles. The second-order valence-electron chi connectivity index (χ2n) is 3.81. The van der Waals surface area contributed by atoms with Crippen molar-refractivity contribution in [1.29, 1.82) is 0 Å². The van der Waals surface area contributed by atoms with E-state index in [9.17, 15) is 10.1 Å². The molecule has 7 heteroatoms. The zero-order valence-electron chi connectivity index (χ0n) is 9.06. The minimum absolute atomic E-state index is 0.0191. The Kier molecular flexibility index (Phi) is 3.90. The van der Waals surface area contributed by atoms with Gasteiger partial charge >= 0.3 is 0 Å². The van der Waals surface area contributed by atoms with Gasteiger partial charge in [0.05, 0.1) is 9.40 Å². The minimum Gasteiger partial charge on any atom is -0.381 e. The molecule has 0 radical (unpaired) electrons. The zero-order chi connectivity index (χ0) is 12.3. The summed E-state index contributed by atoms with van der Waals surface area (Å²) in [6, 6.07) is 1.77. The molecule has 6 nitrogen and oxygen atoms in total. The fraction of sp³-hybridized carbons (Fsp3) is 0.500. The number of halogens is 1. The van der Waals surface area contributed by atoms with E-state index in [1.807, 2.05) is 0 Å². The van der Waals surface area contributed by atoms with E-state index in [0.29, 0.717) is 16.3 Å². The van der Waals surface area contributed by atoms with Crippen molar-refractivity contribution in [2.45, 2.75) is 18.9 Å². The van der Waals surface area contributed by atoms with Crippen molar-refractivity contribution in [1.82, 2.24) is 4.98 Å². The number of ether oxygens (including phenoxy) is 1. The van der Waals surface area contributed by atoms with Gasteiger partial charge in [0, 0.05) is 25.3 Å². The summed E-state index contributed by atoms with van der Waals surface area (Å²) in [5.41, 5.74) is -0.0191. The van der Waals surface area contributed by atoms with E-state index in [4.69, 9.17) is 4.74 Å². The molecule has 0 amide bonds. The standard InChI is InChI=1S/C10H12BrN3O3/c11-9-5-8(14(15)16)6-12-10(9)13-7-1-3-17-4-2-7/h5-7H,1-4H2,(H,12,13). The minimum atomic E-state index is -0.462. The van der Waals surface area contributed by atoms with Crippen LogP contribution in [0, 0.1) is 10.1 Å². The van der Waals surface area contributed by atoms with E-state index in [2.05, 4.69) is 26.2 Å². The highest BCUT2D eigenvalue weighted by Gasteiger charge is 2.16. The van der Waals surface area contributed by atoms with Gasteiger partial charge in [0.25, 0.3) is 5.69 Å². The fourth-order valence-corrected chi connectivity index (χ4v) is 2.12. The SMILES string of the molecule is O=[N+]([O-])c1cnc(NC2CCOCC2)c(Br)c1. The Balaban J connectivity index is 2.08. The topological polar surface area (TPSA) is 77.3 Å². The van der Waals surface area contributed by atoms with Gasteiger partial charge in [-0.05, 0) is 28.8 Å². The molecule has 0 atom stereocenters. The Labute approximate surface area is 107 Å². The second-order valence-corrected chi connectivity index (χ2v) is 4.67. The van der Waals surface area contributed by atoms with E-state index < -0.39 is 4.92 Å². The number of nitro groups is 1. The van der Waals surface area contributed by atoms with Gasteiger partial charge in [0.1, 0.15) is 12.0 Å². The van der Waals surface area contributed by atoms with Crippen molar-refractivity contribution in [2.75, 3.05) is 18.5 Å². The number of pyridine rings is 1. The molecular weight excluding hydrogens is 290 g/mol. The van der Waals surface area contributed by atoms with Gasteiger partial charge in [0.15, 0.2) is 0 Å². The Morgan fingerprint density at radius 2 is 2.24 bits per heavy atom. The highest BCUT2D eigenvalue weighted by Crippen LogP contribution is 2.26. The molecule has 0 unspecified atom stereocenters. The number of hydrogen-bond acceptors (Lipinski definition) is 5. The molecule has 0 aliphatic carbocycles. The molecule has 1 saturated heterocycles. The first kappa shape index (κ1) is 12.3. The Morgan fingerprint density at radius 3 is 2.82 bits per heavy atom. The number of rotatable bonds is 3. The first-order chi connectivity index (χ1) is 8.16. The van der Waals surface area contributed by atoms with Crippen molar-refractivity contribution in [3.63, 3.8) is 0 Å². The summed E-state index contributed by atoms with van der Waals surface area (Å²) in [6.07, 6.45) is 3.10. The van der Waals surface area contributed by atoms with E-state index in [1.165, 1.54) is 12.3 Å². The Morgan fingerprint density at radius 1 is 1.53 bits per heavy atom. The van der Waals surface area contributed by atoms with Gasteiger partial charge in [-0.1, -0.05) is 0 Å². The van der Waals surface area contributed by atoms with Gasteiger partial charge in [-0.15, -0.1) is 0 Å². The van der Waals surface area contributed by atoms with E-state index in [1.54, 1.807) is 0 Å². The number of hydrogen-bond donors (Lipinski definition) is 1. The fourth-order valence-electron chi connectivity index (χ4n) is 1.67. The van der Waals surface area contributed by atoms with Crippen LogP contribution in [0.5, 0.6) is 0 Å². The number of nitrogens with one attached hydrogen (secondary N) is 1. The molecule has 92 valence electrons. The quantitative estimate of drug-likeness (QED) is 0.685. The third-order valence-corrected chi connectivity index (χ3v) is 3.20. The second kappa shape index (κ2) is 5.42. The summed E-state index contributed by atoms with van der Waals surface area (Å²) < 4.78 is 5.87. The zero-order valence-corrected chi connectivity index (χ0v) is 10.6. The lowest BCUT2D eigenvalue weighted by molar-refractivity contribution is -0.385. The van der Waals surface area contributed by atoms with Gasteiger partial charge < -0.3 is 10.1 Å². The first-order valence-corrected chi connectivity index (χ1v) is 6.10. The van der Waals surface area contributed by atoms with Crippen molar-refractivity contribution >= 4 is 27.4 Å². The van der Waals surface area contributed by atoms with E-state index >= 15 is 0 Å². The molecule has 0 spiro atoms. The normalized spacial score (nSPS) is 16.8. The average Bonchev–Trinajstić information content (AvgIpc) is 2.33. The molecular formula is C10H12BrN3O3. The predicted octanol–water partition coefficient (Wildman–Crippen LogP) is 2.34. The van der Waals surface area contributed by atoms with Crippen molar-refractivity contribution in [3.05, 3.63) is 26.9 Å². The van der Waals surface area contributed by atoms with Gasteiger partial charge in [-0.2, -0.15) is 0 Å². The monoisotopic (exact) mass is 301 g/mol.